The van der Waals surface area contributed by atoms with Crippen molar-refractivity contribution in [2.45, 2.75) is 96.9 Å². The topological polar surface area (TPSA) is 20.3 Å². The van der Waals surface area contributed by atoms with Gasteiger partial charge in [-0.1, -0.05) is 52.9 Å². The lowest BCUT2D eigenvalue weighted by Crippen LogP contribution is -2.52. The average Bonchev–Trinajstić information content (AvgIpc) is 2.99. The van der Waals surface area contributed by atoms with Crippen LogP contribution in [0.3, 0.4) is 0 Å². The van der Waals surface area contributed by atoms with Crippen molar-refractivity contribution >= 4 is 5.78 Å². The molecule has 1 heterocycles. The fourth-order valence-electron chi connectivity index (χ4n) is 3.71. The number of unbranched alkanes of at least 4 members (excludes halogenated alkanes) is 5. The third kappa shape index (κ3) is 4.58. The minimum absolute atomic E-state index is 0.139. The molecule has 0 spiro atoms. The van der Waals surface area contributed by atoms with Gasteiger partial charge in [-0.3, -0.25) is 9.69 Å². The van der Waals surface area contributed by atoms with Gasteiger partial charge in [0.05, 0.1) is 5.54 Å². The molecule has 0 bridgehead atoms. The van der Waals surface area contributed by atoms with Crippen LogP contribution in [0.5, 0.6) is 0 Å². The monoisotopic (exact) mass is 281 g/mol. The first-order valence-corrected chi connectivity index (χ1v) is 8.99. The molecule has 0 aromatic heterocycles. The molecule has 0 aromatic rings. The summed E-state index contributed by atoms with van der Waals surface area (Å²) in [5.74, 6) is 0.514. The minimum atomic E-state index is -0.139. The van der Waals surface area contributed by atoms with Crippen LogP contribution in [0, 0.1) is 0 Å². The normalized spacial score (nSPS) is 16.8. The number of hydrogen-bond acceptors (Lipinski definition) is 2. The van der Waals surface area contributed by atoms with Crippen LogP contribution >= 0.6 is 0 Å². The maximum absolute atomic E-state index is 12.8. The van der Waals surface area contributed by atoms with E-state index in [2.05, 4.69) is 25.7 Å². The van der Waals surface area contributed by atoms with E-state index in [1.807, 2.05) is 0 Å². The SMILES string of the molecule is CCCCCCCCC(=O)C(CC)(CC)N1CCCC1. The van der Waals surface area contributed by atoms with Crippen LogP contribution in [0.15, 0.2) is 0 Å². The Bertz CT molecular complexity index is 265. The molecule has 0 radical (unpaired) electrons. The summed E-state index contributed by atoms with van der Waals surface area (Å²) in [7, 11) is 0. The quantitative estimate of drug-likeness (QED) is 0.499. The lowest BCUT2D eigenvalue weighted by atomic mass is 9.83. The van der Waals surface area contributed by atoms with Gasteiger partial charge in [0.1, 0.15) is 0 Å². The molecule has 0 N–H and O–H groups in total. The maximum atomic E-state index is 12.8. The summed E-state index contributed by atoms with van der Waals surface area (Å²) < 4.78 is 0. The number of hydrogen-bond donors (Lipinski definition) is 0. The van der Waals surface area contributed by atoms with E-state index in [9.17, 15) is 4.79 Å². The summed E-state index contributed by atoms with van der Waals surface area (Å²) >= 11 is 0. The summed E-state index contributed by atoms with van der Waals surface area (Å²) in [6, 6.07) is 0. The first kappa shape index (κ1) is 17.7. The Labute approximate surface area is 126 Å². The van der Waals surface area contributed by atoms with Gasteiger partial charge in [-0.05, 0) is 45.2 Å². The molecule has 2 heteroatoms. The molecular weight excluding hydrogens is 246 g/mol. The van der Waals surface area contributed by atoms with Gasteiger partial charge in [0.15, 0.2) is 5.78 Å². The van der Waals surface area contributed by atoms with Crippen molar-refractivity contribution in [2.75, 3.05) is 13.1 Å². The smallest absolute Gasteiger partial charge is 0.153 e. The lowest BCUT2D eigenvalue weighted by molar-refractivity contribution is -0.131. The third-order valence-electron chi connectivity index (χ3n) is 5.16. The molecule has 0 saturated carbocycles. The van der Waals surface area contributed by atoms with Crippen molar-refractivity contribution in [2.24, 2.45) is 0 Å². The number of Topliss-reactive ketones (excluding diaryl/α,β-unsaturated/α-hetero) is 1. The van der Waals surface area contributed by atoms with Gasteiger partial charge in [-0.25, -0.2) is 0 Å². The summed E-state index contributed by atoms with van der Waals surface area (Å²) in [6.45, 7) is 8.90. The highest BCUT2D eigenvalue weighted by atomic mass is 16.1. The molecule has 0 aliphatic carbocycles. The second-order valence-corrected chi connectivity index (χ2v) is 6.37. The van der Waals surface area contributed by atoms with Crippen molar-refractivity contribution in [3.8, 4) is 0 Å². The number of carbonyl (C=O) groups is 1. The van der Waals surface area contributed by atoms with Crippen molar-refractivity contribution in [1.29, 1.82) is 0 Å². The molecule has 0 aromatic carbocycles. The number of carbonyl (C=O) groups excluding carboxylic acids is 1. The number of likely N-dealkylation sites (tertiary alicyclic amines) is 1. The van der Waals surface area contributed by atoms with Crippen LogP contribution in [-0.2, 0) is 4.79 Å². The Morgan fingerprint density at radius 2 is 1.45 bits per heavy atom. The van der Waals surface area contributed by atoms with Crippen molar-refractivity contribution < 1.29 is 4.79 Å². The van der Waals surface area contributed by atoms with Gasteiger partial charge < -0.3 is 0 Å². The van der Waals surface area contributed by atoms with Crippen LogP contribution in [0.4, 0.5) is 0 Å². The highest BCUT2D eigenvalue weighted by Gasteiger charge is 2.40. The Balaban J connectivity index is 2.40. The van der Waals surface area contributed by atoms with Gasteiger partial charge in [-0.2, -0.15) is 0 Å². The lowest BCUT2D eigenvalue weighted by Gasteiger charge is -2.39. The summed E-state index contributed by atoms with van der Waals surface area (Å²) in [5.41, 5.74) is -0.139. The van der Waals surface area contributed by atoms with Gasteiger partial charge >= 0.3 is 0 Å². The maximum Gasteiger partial charge on any atom is 0.153 e. The molecule has 118 valence electrons. The van der Waals surface area contributed by atoms with Crippen molar-refractivity contribution in [3.63, 3.8) is 0 Å². The Kier molecular flexibility index (Phi) is 8.44. The third-order valence-corrected chi connectivity index (χ3v) is 5.16. The Morgan fingerprint density at radius 1 is 0.900 bits per heavy atom. The van der Waals surface area contributed by atoms with Crippen LogP contribution in [0.1, 0.15) is 91.4 Å². The molecule has 1 saturated heterocycles. The molecule has 0 atom stereocenters. The van der Waals surface area contributed by atoms with E-state index in [0.717, 1.165) is 38.8 Å². The highest BCUT2D eigenvalue weighted by molar-refractivity contribution is 5.88. The summed E-state index contributed by atoms with van der Waals surface area (Å²) in [6.07, 6.45) is 12.9. The van der Waals surface area contributed by atoms with Crippen molar-refractivity contribution in [3.05, 3.63) is 0 Å². The minimum Gasteiger partial charge on any atom is -0.298 e. The number of nitrogens with zero attached hydrogens (tertiary/aromatic N) is 1. The predicted molar refractivity (Wildman–Crippen MR) is 87.1 cm³/mol. The number of rotatable bonds is 11. The standard InChI is InChI=1S/C18H35NO/c1-4-7-8-9-10-11-14-17(20)18(5-2,6-3)19-15-12-13-16-19/h4-16H2,1-3H3. The molecule has 1 rings (SSSR count). The van der Waals surface area contributed by atoms with E-state index in [4.69, 9.17) is 0 Å². The molecule has 0 amide bonds. The molecule has 2 nitrogen and oxygen atoms in total. The van der Waals surface area contributed by atoms with E-state index in [1.165, 1.54) is 44.9 Å². The largest absolute Gasteiger partial charge is 0.298 e. The van der Waals surface area contributed by atoms with Crippen LogP contribution in [0.2, 0.25) is 0 Å². The molecular formula is C18H35NO. The van der Waals surface area contributed by atoms with E-state index in [0.29, 0.717) is 5.78 Å². The zero-order valence-corrected chi connectivity index (χ0v) is 14.0. The van der Waals surface area contributed by atoms with Gasteiger partial charge in [0, 0.05) is 6.42 Å². The molecule has 1 aliphatic heterocycles. The zero-order valence-electron chi connectivity index (χ0n) is 14.0. The Hall–Kier alpha value is -0.370. The fraction of sp³-hybridized carbons (Fsp3) is 0.944. The average molecular weight is 281 g/mol. The summed E-state index contributed by atoms with van der Waals surface area (Å²) in [5, 5.41) is 0. The van der Waals surface area contributed by atoms with E-state index in [1.54, 1.807) is 0 Å². The first-order valence-electron chi connectivity index (χ1n) is 8.99. The fourth-order valence-corrected chi connectivity index (χ4v) is 3.71. The van der Waals surface area contributed by atoms with E-state index < -0.39 is 0 Å². The first-order chi connectivity index (χ1) is 9.71. The second kappa shape index (κ2) is 9.55. The predicted octanol–water partition coefficient (Wildman–Crippen LogP) is 4.96. The molecule has 20 heavy (non-hydrogen) atoms. The molecule has 0 unspecified atom stereocenters. The highest BCUT2D eigenvalue weighted by Crippen LogP contribution is 2.30. The van der Waals surface area contributed by atoms with Gasteiger partial charge in [0.25, 0.3) is 0 Å². The molecule has 1 fully saturated rings. The zero-order chi connectivity index (χ0) is 14.8. The number of ketones is 1. The van der Waals surface area contributed by atoms with Gasteiger partial charge in [0.2, 0.25) is 0 Å². The Morgan fingerprint density at radius 3 is 2.00 bits per heavy atom. The van der Waals surface area contributed by atoms with E-state index in [-0.39, 0.29) is 5.54 Å². The van der Waals surface area contributed by atoms with E-state index >= 15 is 0 Å². The van der Waals surface area contributed by atoms with Crippen molar-refractivity contribution in [1.82, 2.24) is 4.90 Å². The molecule has 1 aliphatic rings. The van der Waals surface area contributed by atoms with Gasteiger partial charge in [-0.15, -0.1) is 0 Å². The van der Waals surface area contributed by atoms with Crippen LogP contribution < -0.4 is 0 Å². The van der Waals surface area contributed by atoms with Crippen LogP contribution in [0.25, 0.3) is 0 Å². The van der Waals surface area contributed by atoms with Crippen LogP contribution in [-0.4, -0.2) is 29.3 Å². The summed E-state index contributed by atoms with van der Waals surface area (Å²) in [4.78, 5) is 15.2. The second-order valence-electron chi connectivity index (χ2n) is 6.37.